The molecular weight excluding hydrogens is 522 g/mol. The number of hydrogen-bond acceptors (Lipinski definition) is 5. The second-order valence-corrected chi connectivity index (χ2v) is 7.80. The van der Waals surface area contributed by atoms with Crippen LogP contribution in [-0.4, -0.2) is 48.1 Å². The smallest absolute Gasteiger partial charge is 0.336 e. The van der Waals surface area contributed by atoms with E-state index in [-0.39, 0.29) is 48.7 Å². The standard InChI is InChI=1S/C23H23ClN4O3.3ClH/c1-2-22(29)25-15-7-8-19-16(13-15)17(23(30)31)14-21(26-19)28-11-9-27(10-12-28)20-6-4-3-5-18(20)24;;;/h3-8,13-14H,2,9-12H2,1H3,(H,25,29)(H,30,31);3*1H. The fraction of sp³-hybridized carbons (Fsp3) is 0.261. The van der Waals surface area contributed by atoms with Crippen LogP contribution in [0.4, 0.5) is 17.2 Å². The highest BCUT2D eigenvalue weighted by molar-refractivity contribution is 6.33. The van der Waals surface area contributed by atoms with E-state index < -0.39 is 5.97 Å². The number of aromatic nitrogens is 1. The molecule has 0 aliphatic carbocycles. The number of fused-ring (bicyclic) bond motifs is 1. The molecule has 1 amide bonds. The van der Waals surface area contributed by atoms with Crippen LogP contribution in [-0.2, 0) is 4.79 Å². The van der Waals surface area contributed by atoms with Gasteiger partial charge in [0.2, 0.25) is 5.91 Å². The normalized spacial score (nSPS) is 12.8. The lowest BCUT2D eigenvalue weighted by molar-refractivity contribution is -0.115. The average molecular weight is 548 g/mol. The van der Waals surface area contributed by atoms with Gasteiger partial charge >= 0.3 is 5.97 Å². The lowest BCUT2D eigenvalue weighted by atomic mass is 10.1. The van der Waals surface area contributed by atoms with Gasteiger partial charge < -0.3 is 20.2 Å². The molecule has 1 saturated heterocycles. The molecule has 0 unspecified atom stereocenters. The lowest BCUT2D eigenvalue weighted by Crippen LogP contribution is -2.47. The van der Waals surface area contributed by atoms with E-state index in [0.29, 0.717) is 41.9 Å². The van der Waals surface area contributed by atoms with E-state index in [4.69, 9.17) is 16.6 Å². The van der Waals surface area contributed by atoms with Crippen LogP contribution in [0.5, 0.6) is 0 Å². The zero-order valence-electron chi connectivity index (χ0n) is 18.4. The molecule has 2 heterocycles. The van der Waals surface area contributed by atoms with Crippen molar-refractivity contribution in [3.05, 3.63) is 59.1 Å². The highest BCUT2D eigenvalue weighted by Crippen LogP contribution is 2.29. The molecule has 0 saturated carbocycles. The number of hydrogen-bond donors (Lipinski definition) is 2. The van der Waals surface area contributed by atoms with Crippen LogP contribution in [0.15, 0.2) is 48.5 Å². The van der Waals surface area contributed by atoms with Crippen LogP contribution >= 0.6 is 48.8 Å². The summed E-state index contributed by atoms with van der Waals surface area (Å²) in [7, 11) is 0. The van der Waals surface area contributed by atoms with Crippen molar-refractivity contribution >= 4 is 88.8 Å². The maximum atomic E-state index is 12.0. The number of para-hydroxylation sites is 1. The molecule has 11 heteroatoms. The van der Waals surface area contributed by atoms with Crippen molar-refractivity contribution in [3.8, 4) is 0 Å². The number of nitrogens with zero attached hydrogens (tertiary/aromatic N) is 3. The fourth-order valence-electron chi connectivity index (χ4n) is 3.76. The second-order valence-electron chi connectivity index (χ2n) is 7.39. The summed E-state index contributed by atoms with van der Waals surface area (Å²) >= 11 is 6.33. The molecule has 2 N–H and O–H groups in total. The van der Waals surface area contributed by atoms with Gasteiger partial charge in [-0.1, -0.05) is 30.7 Å². The summed E-state index contributed by atoms with van der Waals surface area (Å²) in [4.78, 5) is 32.7. The van der Waals surface area contributed by atoms with E-state index >= 15 is 0 Å². The van der Waals surface area contributed by atoms with Crippen LogP contribution in [0.1, 0.15) is 23.7 Å². The van der Waals surface area contributed by atoms with Gasteiger partial charge in [0.25, 0.3) is 0 Å². The third-order valence-corrected chi connectivity index (χ3v) is 5.75. The highest BCUT2D eigenvalue weighted by atomic mass is 35.5. The zero-order valence-corrected chi connectivity index (χ0v) is 21.6. The Labute approximate surface area is 221 Å². The minimum atomic E-state index is -1.03. The minimum absolute atomic E-state index is 0. The predicted octanol–water partition coefficient (Wildman–Crippen LogP) is 5.53. The number of benzene rings is 2. The van der Waals surface area contributed by atoms with Gasteiger partial charge in [0.05, 0.1) is 21.8 Å². The van der Waals surface area contributed by atoms with Crippen molar-refractivity contribution < 1.29 is 14.7 Å². The summed E-state index contributed by atoms with van der Waals surface area (Å²) in [5.41, 5.74) is 2.31. The van der Waals surface area contributed by atoms with Crippen molar-refractivity contribution in [2.45, 2.75) is 13.3 Å². The number of carbonyl (C=O) groups is 2. The Morgan fingerprint density at radius 2 is 1.65 bits per heavy atom. The Balaban J connectivity index is 0.00000193. The van der Waals surface area contributed by atoms with E-state index in [0.717, 1.165) is 23.8 Å². The van der Waals surface area contributed by atoms with Gasteiger partial charge in [0, 0.05) is 43.7 Å². The van der Waals surface area contributed by atoms with Crippen molar-refractivity contribution in [2.75, 3.05) is 41.3 Å². The summed E-state index contributed by atoms with van der Waals surface area (Å²) in [5.74, 6) is -0.520. The number of carboxylic acid groups (broad SMARTS) is 1. The summed E-state index contributed by atoms with van der Waals surface area (Å²) in [5, 5.41) is 13.8. The quantitative estimate of drug-likeness (QED) is 0.437. The Morgan fingerprint density at radius 3 is 2.26 bits per heavy atom. The number of rotatable bonds is 5. The average Bonchev–Trinajstić information content (AvgIpc) is 2.78. The van der Waals surface area contributed by atoms with Gasteiger partial charge in [-0.3, -0.25) is 4.79 Å². The van der Waals surface area contributed by atoms with Gasteiger partial charge in [-0.25, -0.2) is 9.78 Å². The van der Waals surface area contributed by atoms with Crippen LogP contribution in [0, 0.1) is 0 Å². The van der Waals surface area contributed by atoms with E-state index in [1.165, 1.54) is 0 Å². The summed E-state index contributed by atoms with van der Waals surface area (Å²) in [6.07, 6.45) is 0.348. The summed E-state index contributed by atoms with van der Waals surface area (Å²) in [6.45, 7) is 4.68. The number of anilines is 3. The van der Waals surface area contributed by atoms with Gasteiger partial charge in [-0.2, -0.15) is 0 Å². The molecule has 0 spiro atoms. The van der Waals surface area contributed by atoms with Gasteiger partial charge in [0.15, 0.2) is 0 Å². The largest absolute Gasteiger partial charge is 0.478 e. The molecule has 1 fully saturated rings. The zero-order chi connectivity index (χ0) is 22.0. The molecule has 2 aromatic carbocycles. The Bertz CT molecular complexity index is 1150. The molecule has 1 aliphatic heterocycles. The van der Waals surface area contributed by atoms with Crippen molar-refractivity contribution in [1.29, 1.82) is 0 Å². The van der Waals surface area contributed by atoms with E-state index in [1.54, 1.807) is 31.2 Å². The highest BCUT2D eigenvalue weighted by Gasteiger charge is 2.22. The first-order valence-electron chi connectivity index (χ1n) is 10.2. The first-order chi connectivity index (χ1) is 15.0. The molecule has 1 aromatic heterocycles. The van der Waals surface area contributed by atoms with Crippen molar-refractivity contribution in [1.82, 2.24) is 4.98 Å². The fourth-order valence-corrected chi connectivity index (χ4v) is 4.02. The topological polar surface area (TPSA) is 85.8 Å². The first-order valence-corrected chi connectivity index (χ1v) is 10.6. The Hall–Kier alpha value is -2.45. The van der Waals surface area contributed by atoms with E-state index in [9.17, 15) is 14.7 Å². The number of amides is 1. The van der Waals surface area contributed by atoms with Gasteiger partial charge in [-0.15, -0.1) is 37.2 Å². The van der Waals surface area contributed by atoms with Gasteiger partial charge in [0.1, 0.15) is 5.82 Å². The molecule has 7 nitrogen and oxygen atoms in total. The number of nitrogens with one attached hydrogen (secondary N) is 1. The maximum absolute atomic E-state index is 12.0. The first kappa shape index (κ1) is 29.6. The van der Waals surface area contributed by atoms with Crippen LogP contribution < -0.4 is 15.1 Å². The van der Waals surface area contributed by atoms with E-state index in [1.807, 2.05) is 24.3 Å². The predicted molar refractivity (Wildman–Crippen MR) is 145 cm³/mol. The van der Waals surface area contributed by atoms with Crippen LogP contribution in [0.3, 0.4) is 0 Å². The van der Waals surface area contributed by atoms with Crippen molar-refractivity contribution in [3.63, 3.8) is 0 Å². The van der Waals surface area contributed by atoms with Crippen molar-refractivity contribution in [2.24, 2.45) is 0 Å². The second kappa shape index (κ2) is 12.9. The molecule has 34 heavy (non-hydrogen) atoms. The minimum Gasteiger partial charge on any atom is -0.478 e. The van der Waals surface area contributed by atoms with Crippen LogP contribution in [0.25, 0.3) is 10.9 Å². The number of piperazine rings is 1. The monoisotopic (exact) mass is 546 g/mol. The number of halogens is 4. The lowest BCUT2D eigenvalue weighted by Gasteiger charge is -2.37. The van der Waals surface area contributed by atoms with Gasteiger partial charge in [-0.05, 0) is 36.4 Å². The molecular formula is C23H26Cl4N4O3. The molecule has 3 aromatic rings. The third kappa shape index (κ3) is 6.36. The molecule has 0 radical (unpaired) electrons. The molecule has 4 rings (SSSR count). The molecule has 184 valence electrons. The number of carbonyl (C=O) groups excluding carboxylic acids is 1. The summed E-state index contributed by atoms with van der Waals surface area (Å²) in [6, 6.07) is 14.5. The molecule has 0 atom stereocenters. The van der Waals surface area contributed by atoms with Crippen LogP contribution in [0.2, 0.25) is 5.02 Å². The van der Waals surface area contributed by atoms with E-state index in [2.05, 4.69) is 15.1 Å². The number of pyridine rings is 1. The molecule has 0 bridgehead atoms. The molecule has 1 aliphatic rings. The number of aromatic carboxylic acids is 1. The Morgan fingerprint density at radius 1 is 1.00 bits per heavy atom. The maximum Gasteiger partial charge on any atom is 0.336 e. The summed E-state index contributed by atoms with van der Waals surface area (Å²) < 4.78 is 0. The Kier molecular flexibility index (Phi) is 11.2. The SMILES string of the molecule is CCC(=O)Nc1ccc2nc(N3CCN(c4ccccc4Cl)CC3)cc(C(=O)O)c2c1.Cl.Cl.Cl. The third-order valence-electron chi connectivity index (χ3n) is 5.43. The number of carboxylic acids is 1.